The standard InChI is InChI=1S/C20H13ClFN5S/c21-16-9-14(6-7-17(16)22)27-25-11-15-4-1-5-18(26-15)19-12-24-20(28-19)13-3-2-8-23-10-13/h1-12,27H/b25-11+. The Morgan fingerprint density at radius 3 is 2.86 bits per heavy atom. The molecule has 0 spiro atoms. The van der Waals surface area contributed by atoms with Crippen LogP contribution in [0.4, 0.5) is 10.1 Å². The molecule has 0 saturated heterocycles. The van der Waals surface area contributed by atoms with Crippen LogP contribution in [0.25, 0.3) is 21.1 Å². The maximum atomic E-state index is 13.2. The number of nitrogens with zero attached hydrogens (tertiary/aromatic N) is 4. The van der Waals surface area contributed by atoms with E-state index in [1.54, 1.807) is 42.2 Å². The third-order valence-electron chi connectivity index (χ3n) is 3.75. The maximum Gasteiger partial charge on any atom is 0.141 e. The Kier molecular flexibility index (Phi) is 5.36. The summed E-state index contributed by atoms with van der Waals surface area (Å²) in [5.74, 6) is -0.472. The predicted molar refractivity (Wildman–Crippen MR) is 111 cm³/mol. The lowest BCUT2D eigenvalue weighted by molar-refractivity contribution is 0.628. The van der Waals surface area contributed by atoms with Gasteiger partial charge in [0, 0.05) is 24.2 Å². The highest BCUT2D eigenvalue weighted by atomic mass is 35.5. The van der Waals surface area contributed by atoms with Crippen LogP contribution in [0.3, 0.4) is 0 Å². The van der Waals surface area contributed by atoms with E-state index in [9.17, 15) is 4.39 Å². The van der Waals surface area contributed by atoms with Crippen LogP contribution in [0.5, 0.6) is 0 Å². The number of aromatic nitrogens is 3. The van der Waals surface area contributed by atoms with Crippen LogP contribution < -0.4 is 5.43 Å². The minimum Gasteiger partial charge on any atom is -0.278 e. The Morgan fingerprint density at radius 2 is 2.04 bits per heavy atom. The summed E-state index contributed by atoms with van der Waals surface area (Å²) in [5, 5.41) is 5.06. The smallest absolute Gasteiger partial charge is 0.141 e. The molecule has 0 aliphatic heterocycles. The fourth-order valence-electron chi connectivity index (χ4n) is 2.41. The van der Waals surface area contributed by atoms with E-state index in [2.05, 4.69) is 25.5 Å². The number of benzene rings is 1. The Hall–Kier alpha value is -3.16. The van der Waals surface area contributed by atoms with Gasteiger partial charge in [0.05, 0.1) is 33.2 Å². The maximum absolute atomic E-state index is 13.2. The zero-order valence-corrected chi connectivity index (χ0v) is 16.0. The number of hydrazone groups is 1. The third-order valence-corrected chi connectivity index (χ3v) is 5.11. The zero-order valence-electron chi connectivity index (χ0n) is 14.4. The summed E-state index contributed by atoms with van der Waals surface area (Å²) in [6.45, 7) is 0. The lowest BCUT2D eigenvalue weighted by Crippen LogP contribution is -1.94. The molecule has 0 atom stereocenters. The first-order valence-corrected chi connectivity index (χ1v) is 9.46. The largest absolute Gasteiger partial charge is 0.278 e. The number of hydrogen-bond acceptors (Lipinski definition) is 6. The number of anilines is 1. The predicted octanol–water partition coefficient (Wildman–Crippen LogP) is 5.51. The summed E-state index contributed by atoms with van der Waals surface area (Å²) >= 11 is 7.30. The fourth-order valence-corrected chi connectivity index (χ4v) is 3.47. The summed E-state index contributed by atoms with van der Waals surface area (Å²) in [5.41, 5.74) is 5.85. The number of nitrogens with one attached hydrogen (secondary N) is 1. The van der Waals surface area contributed by atoms with E-state index in [1.807, 2.05) is 30.3 Å². The summed E-state index contributed by atoms with van der Waals surface area (Å²) in [4.78, 5) is 14.1. The van der Waals surface area contributed by atoms with E-state index in [4.69, 9.17) is 11.6 Å². The van der Waals surface area contributed by atoms with Gasteiger partial charge in [-0.05, 0) is 42.5 Å². The van der Waals surface area contributed by atoms with E-state index in [-0.39, 0.29) is 5.02 Å². The summed E-state index contributed by atoms with van der Waals surface area (Å²) in [6.07, 6.45) is 6.90. The van der Waals surface area contributed by atoms with Gasteiger partial charge in [0.2, 0.25) is 0 Å². The molecule has 0 amide bonds. The van der Waals surface area contributed by atoms with Crippen molar-refractivity contribution in [1.82, 2.24) is 15.0 Å². The van der Waals surface area contributed by atoms with Crippen molar-refractivity contribution in [2.24, 2.45) is 5.10 Å². The molecule has 0 fully saturated rings. The minimum atomic E-state index is -0.472. The number of halogens is 2. The second kappa shape index (κ2) is 8.24. The molecule has 5 nitrogen and oxygen atoms in total. The molecular weight excluding hydrogens is 397 g/mol. The first-order chi connectivity index (χ1) is 13.7. The van der Waals surface area contributed by atoms with Gasteiger partial charge in [-0.3, -0.25) is 10.4 Å². The van der Waals surface area contributed by atoms with Gasteiger partial charge in [-0.1, -0.05) is 17.7 Å². The van der Waals surface area contributed by atoms with Gasteiger partial charge in [-0.25, -0.2) is 14.4 Å². The van der Waals surface area contributed by atoms with Crippen LogP contribution in [0.1, 0.15) is 5.69 Å². The van der Waals surface area contributed by atoms with Crippen LogP contribution >= 0.6 is 22.9 Å². The first-order valence-electron chi connectivity index (χ1n) is 8.27. The lowest BCUT2D eigenvalue weighted by atomic mass is 10.3. The van der Waals surface area contributed by atoms with Crippen LogP contribution in [-0.2, 0) is 0 Å². The van der Waals surface area contributed by atoms with Crippen molar-refractivity contribution in [2.75, 3.05) is 5.43 Å². The molecule has 8 heteroatoms. The Morgan fingerprint density at radius 1 is 1.11 bits per heavy atom. The van der Waals surface area contributed by atoms with E-state index in [0.29, 0.717) is 11.4 Å². The number of thiazole rings is 1. The number of pyridine rings is 2. The number of rotatable bonds is 5. The van der Waals surface area contributed by atoms with Gasteiger partial charge in [-0.2, -0.15) is 5.10 Å². The van der Waals surface area contributed by atoms with Crippen LogP contribution in [0, 0.1) is 5.82 Å². The molecule has 0 aliphatic rings. The molecule has 4 aromatic rings. The molecule has 0 aliphatic carbocycles. The third kappa shape index (κ3) is 4.21. The molecule has 4 rings (SSSR count). The van der Waals surface area contributed by atoms with Crippen LogP contribution in [0.15, 0.2) is 72.2 Å². The van der Waals surface area contributed by atoms with Gasteiger partial charge in [0.25, 0.3) is 0 Å². The van der Waals surface area contributed by atoms with E-state index >= 15 is 0 Å². The number of hydrogen-bond donors (Lipinski definition) is 1. The monoisotopic (exact) mass is 409 g/mol. The molecule has 0 saturated carbocycles. The topological polar surface area (TPSA) is 63.1 Å². The molecular formula is C20H13ClFN5S. The minimum absolute atomic E-state index is 0.0370. The highest BCUT2D eigenvalue weighted by Gasteiger charge is 2.08. The molecule has 0 radical (unpaired) electrons. The van der Waals surface area contributed by atoms with E-state index in [1.165, 1.54) is 12.1 Å². The SMILES string of the molecule is Fc1ccc(N/N=C/c2cccc(-c3cnc(-c4cccnc4)s3)n2)cc1Cl. The van der Waals surface area contributed by atoms with Crippen molar-refractivity contribution in [2.45, 2.75) is 0 Å². The normalized spacial score (nSPS) is 11.1. The highest BCUT2D eigenvalue weighted by molar-refractivity contribution is 7.18. The van der Waals surface area contributed by atoms with E-state index < -0.39 is 5.82 Å². The van der Waals surface area contributed by atoms with Crippen molar-refractivity contribution >= 4 is 34.8 Å². The first kappa shape index (κ1) is 18.2. The molecule has 0 bridgehead atoms. The molecule has 28 heavy (non-hydrogen) atoms. The van der Waals surface area contributed by atoms with Crippen molar-refractivity contribution in [1.29, 1.82) is 0 Å². The van der Waals surface area contributed by atoms with Crippen molar-refractivity contribution in [3.63, 3.8) is 0 Å². The molecule has 1 N–H and O–H groups in total. The quantitative estimate of drug-likeness (QED) is 0.349. The zero-order chi connectivity index (χ0) is 19.3. The molecule has 0 unspecified atom stereocenters. The second-order valence-corrected chi connectivity index (χ2v) is 7.16. The molecule has 138 valence electrons. The average molecular weight is 410 g/mol. The Labute approximate surface area is 169 Å². The molecule has 3 aromatic heterocycles. The average Bonchev–Trinajstić information content (AvgIpc) is 3.22. The van der Waals surface area contributed by atoms with Gasteiger partial charge in [0.1, 0.15) is 10.8 Å². The van der Waals surface area contributed by atoms with Crippen molar-refractivity contribution < 1.29 is 4.39 Å². The van der Waals surface area contributed by atoms with Crippen LogP contribution in [-0.4, -0.2) is 21.2 Å². The van der Waals surface area contributed by atoms with Gasteiger partial charge in [0.15, 0.2) is 0 Å². The fraction of sp³-hybridized carbons (Fsp3) is 0. The van der Waals surface area contributed by atoms with Gasteiger partial charge < -0.3 is 0 Å². The summed E-state index contributed by atoms with van der Waals surface area (Å²) in [7, 11) is 0. The van der Waals surface area contributed by atoms with E-state index in [0.717, 1.165) is 21.1 Å². The highest BCUT2D eigenvalue weighted by Crippen LogP contribution is 2.30. The van der Waals surface area contributed by atoms with Gasteiger partial charge >= 0.3 is 0 Å². The van der Waals surface area contributed by atoms with Gasteiger partial charge in [-0.15, -0.1) is 11.3 Å². The summed E-state index contributed by atoms with van der Waals surface area (Å²) < 4.78 is 13.2. The van der Waals surface area contributed by atoms with Crippen molar-refractivity contribution in [3.05, 3.63) is 83.7 Å². The Balaban J connectivity index is 1.50. The second-order valence-electron chi connectivity index (χ2n) is 5.72. The van der Waals surface area contributed by atoms with Crippen LogP contribution in [0.2, 0.25) is 5.02 Å². The molecule has 1 aromatic carbocycles. The van der Waals surface area contributed by atoms with Crippen molar-refractivity contribution in [3.8, 4) is 21.1 Å². The summed E-state index contributed by atoms with van der Waals surface area (Å²) in [6, 6.07) is 13.8. The Bertz CT molecular complexity index is 1130. The lowest BCUT2D eigenvalue weighted by Gasteiger charge is -2.01. The molecule has 3 heterocycles.